The normalized spacial score (nSPS) is 13.2. The van der Waals surface area contributed by atoms with Gasteiger partial charge in [-0.25, -0.2) is 4.39 Å². The number of carbonyl (C=O) groups excluding carboxylic acids is 1. The Morgan fingerprint density at radius 3 is 2.08 bits per heavy atom. The molecule has 0 unspecified atom stereocenters. The van der Waals surface area contributed by atoms with E-state index in [1.54, 1.807) is 12.1 Å². The van der Waals surface area contributed by atoms with Gasteiger partial charge in [0.1, 0.15) is 0 Å². The third-order valence-electron chi connectivity index (χ3n) is 4.67. The molecule has 0 saturated carbocycles. The number of benzene rings is 2. The summed E-state index contributed by atoms with van der Waals surface area (Å²) in [4.78, 5) is 15.1. The minimum Gasteiger partial charge on any atom is -0.751 e. The van der Waals surface area contributed by atoms with Crippen molar-refractivity contribution in [1.29, 1.82) is 0 Å². The van der Waals surface area contributed by atoms with Gasteiger partial charge in [-0.1, -0.05) is 12.1 Å². The molecule has 1 heterocycles. The van der Waals surface area contributed by atoms with Crippen LogP contribution in [0.25, 0.3) is 10.9 Å². The van der Waals surface area contributed by atoms with Crippen LogP contribution in [0, 0.1) is 5.21 Å². The highest BCUT2D eigenvalue weighted by Crippen LogP contribution is 2.56. The van der Waals surface area contributed by atoms with E-state index in [0.717, 1.165) is 12.1 Å². The minimum absolute atomic E-state index is 0.156. The Balaban J connectivity index is 2.19. The fraction of sp³-hybridized carbons (Fsp3) is 0.200. The number of aromatic nitrogens is 1. The monoisotopic (exact) mass is 609 g/mol. The molecule has 3 aromatic rings. The van der Waals surface area contributed by atoms with Crippen LogP contribution in [-0.4, -0.2) is 28.8 Å². The predicted molar refractivity (Wildman–Crippen MR) is 113 cm³/mol. The van der Waals surface area contributed by atoms with Crippen LogP contribution in [-0.2, 0) is 5.67 Å². The second-order valence-electron chi connectivity index (χ2n) is 7.02. The number of hydrogen-bond donors (Lipinski definition) is 0. The van der Waals surface area contributed by atoms with E-state index in [1.807, 2.05) is 0 Å². The zero-order valence-corrected chi connectivity index (χ0v) is 19.3. The second-order valence-corrected chi connectivity index (χ2v) is 8.98. The van der Waals surface area contributed by atoms with Crippen LogP contribution in [0.4, 0.5) is 49.6 Å². The summed E-state index contributed by atoms with van der Waals surface area (Å²) in [6, 6.07) is 6.11. The molecule has 0 spiro atoms. The Bertz CT molecular complexity index is 1300. The number of nitrogens with zero attached hydrogens (tertiary/aromatic N) is 2. The van der Waals surface area contributed by atoms with Crippen LogP contribution in [0.5, 0.6) is 0 Å². The van der Waals surface area contributed by atoms with Gasteiger partial charge in [-0.15, -0.1) is 0 Å². The third kappa shape index (κ3) is 5.25. The number of thioether (sulfide) groups is 1. The standard InChI is InChI=1S/C20H8BrF10N2O2S/c21-12-7-11(17(22,18(23,24)25)19(26,27)28)8-14(36-20(29,30)31)15(12)33(35)16(34)10-4-3-9-2-1-5-32-13(9)6-10/h1-8H/q-1. The van der Waals surface area contributed by atoms with Gasteiger partial charge < -0.3 is 10.3 Å². The summed E-state index contributed by atoms with van der Waals surface area (Å²) in [5.41, 5.74) is -15.2. The van der Waals surface area contributed by atoms with Gasteiger partial charge in [0.15, 0.2) is 0 Å². The maximum atomic E-state index is 14.5. The van der Waals surface area contributed by atoms with Crippen molar-refractivity contribution in [3.8, 4) is 0 Å². The molecule has 4 nitrogen and oxygen atoms in total. The molecule has 3 rings (SSSR count). The van der Waals surface area contributed by atoms with Gasteiger partial charge in [0.05, 0.1) is 11.2 Å². The topological polar surface area (TPSA) is 56.3 Å². The maximum absolute atomic E-state index is 14.5. The lowest BCUT2D eigenvalue weighted by Gasteiger charge is -2.34. The van der Waals surface area contributed by atoms with Gasteiger partial charge in [0, 0.05) is 32.1 Å². The van der Waals surface area contributed by atoms with Crippen LogP contribution in [0.2, 0.25) is 0 Å². The fourth-order valence-corrected chi connectivity index (χ4v) is 4.56. The van der Waals surface area contributed by atoms with Crippen LogP contribution in [0.3, 0.4) is 0 Å². The van der Waals surface area contributed by atoms with Gasteiger partial charge in [0.25, 0.3) is 0 Å². The molecule has 2 aromatic carbocycles. The van der Waals surface area contributed by atoms with Gasteiger partial charge >= 0.3 is 23.5 Å². The molecule has 0 aliphatic rings. The van der Waals surface area contributed by atoms with Crippen molar-refractivity contribution in [3.63, 3.8) is 0 Å². The molecule has 0 bridgehead atoms. The molecule has 0 saturated heterocycles. The molecule has 16 heteroatoms. The van der Waals surface area contributed by atoms with E-state index in [0.29, 0.717) is 5.39 Å². The minimum atomic E-state index is -6.63. The van der Waals surface area contributed by atoms with Crippen molar-refractivity contribution in [2.75, 3.05) is 5.06 Å². The summed E-state index contributed by atoms with van der Waals surface area (Å²) in [7, 11) is 0. The Kier molecular flexibility index (Phi) is 7.29. The van der Waals surface area contributed by atoms with Crippen LogP contribution in [0.1, 0.15) is 15.9 Å². The van der Waals surface area contributed by atoms with Crippen molar-refractivity contribution in [2.24, 2.45) is 0 Å². The number of hydroxylamine groups is 1. The number of pyridine rings is 1. The second kappa shape index (κ2) is 9.37. The Hall–Kier alpha value is -2.59. The largest absolute Gasteiger partial charge is 0.751 e. The average Bonchev–Trinajstić information content (AvgIpc) is 2.74. The first-order valence-electron chi connectivity index (χ1n) is 9.15. The quantitative estimate of drug-likeness (QED) is 0.171. The van der Waals surface area contributed by atoms with Gasteiger partial charge in [-0.05, 0) is 58.0 Å². The van der Waals surface area contributed by atoms with Crippen molar-refractivity contribution in [3.05, 3.63) is 69.5 Å². The first-order chi connectivity index (χ1) is 16.4. The van der Waals surface area contributed by atoms with E-state index < -0.39 is 78.5 Å². The van der Waals surface area contributed by atoms with Crippen LogP contribution >= 0.6 is 27.7 Å². The van der Waals surface area contributed by atoms with E-state index in [2.05, 4.69) is 20.9 Å². The molecule has 36 heavy (non-hydrogen) atoms. The van der Waals surface area contributed by atoms with E-state index in [-0.39, 0.29) is 11.6 Å². The van der Waals surface area contributed by atoms with E-state index in [1.165, 1.54) is 12.3 Å². The van der Waals surface area contributed by atoms with Crippen molar-refractivity contribution >= 4 is 50.2 Å². The number of amides is 1. The lowest BCUT2D eigenvalue weighted by atomic mass is 9.94. The van der Waals surface area contributed by atoms with E-state index in [4.69, 9.17) is 0 Å². The summed E-state index contributed by atoms with van der Waals surface area (Å²) < 4.78 is 132. The first-order valence-corrected chi connectivity index (χ1v) is 10.8. The molecule has 0 radical (unpaired) electrons. The maximum Gasteiger partial charge on any atom is 0.446 e. The number of hydrogen-bond acceptors (Lipinski definition) is 4. The summed E-state index contributed by atoms with van der Waals surface area (Å²) >= 11 is 1.12. The molecule has 0 fully saturated rings. The van der Waals surface area contributed by atoms with Crippen molar-refractivity contribution in [2.45, 2.75) is 28.4 Å². The van der Waals surface area contributed by atoms with Crippen LogP contribution in [0.15, 0.2) is 58.0 Å². The molecule has 0 N–H and O–H groups in total. The summed E-state index contributed by atoms with van der Waals surface area (Å²) in [5, 5.41) is 12.6. The fourth-order valence-electron chi connectivity index (χ4n) is 3.08. The molecule has 1 aromatic heterocycles. The zero-order chi connectivity index (χ0) is 27.3. The van der Waals surface area contributed by atoms with Gasteiger partial charge in [0.2, 0.25) is 5.91 Å². The number of anilines is 1. The smallest absolute Gasteiger partial charge is 0.446 e. The Morgan fingerprint density at radius 1 is 0.917 bits per heavy atom. The predicted octanol–water partition coefficient (Wildman–Crippen LogP) is 8.04. The molecular formula is C20H8BrF10N2O2S-. The molecule has 1 amide bonds. The highest BCUT2D eigenvalue weighted by atomic mass is 79.9. The zero-order valence-electron chi connectivity index (χ0n) is 16.9. The van der Waals surface area contributed by atoms with Crippen LogP contribution < -0.4 is 5.06 Å². The lowest BCUT2D eigenvalue weighted by Crippen LogP contribution is -2.50. The molecular weight excluding hydrogens is 602 g/mol. The summed E-state index contributed by atoms with van der Waals surface area (Å²) in [6.45, 7) is 0. The molecule has 0 atom stereocenters. The SMILES string of the molecule is O=C(c1ccc2cccnc2c1)N([O-])c1c(Br)cc(C(F)(C(F)(F)F)C(F)(F)F)cc1SC(F)(F)F. The number of alkyl halides is 10. The van der Waals surface area contributed by atoms with Gasteiger partial charge in [-0.2, -0.15) is 39.5 Å². The van der Waals surface area contributed by atoms with Crippen molar-refractivity contribution in [1.82, 2.24) is 4.98 Å². The van der Waals surface area contributed by atoms with Crippen molar-refractivity contribution < 1.29 is 48.7 Å². The Labute approximate surface area is 207 Å². The summed E-state index contributed by atoms with van der Waals surface area (Å²) in [6.07, 6.45) is -11.9. The first kappa shape index (κ1) is 28.0. The third-order valence-corrected chi connectivity index (χ3v) is 6.04. The molecule has 0 aliphatic heterocycles. The molecule has 0 aliphatic carbocycles. The van der Waals surface area contributed by atoms with E-state index >= 15 is 0 Å². The number of rotatable bonds is 4. The number of carbonyl (C=O) groups is 1. The lowest BCUT2D eigenvalue weighted by molar-refractivity contribution is -0.348. The van der Waals surface area contributed by atoms with Gasteiger partial charge in [-0.3, -0.25) is 9.78 Å². The Morgan fingerprint density at radius 2 is 1.53 bits per heavy atom. The number of fused-ring (bicyclic) bond motifs is 1. The number of halogens is 11. The highest BCUT2D eigenvalue weighted by Gasteiger charge is 2.73. The van der Waals surface area contributed by atoms with E-state index in [9.17, 15) is 53.9 Å². The molecule has 194 valence electrons. The average molecular weight is 610 g/mol. The highest BCUT2D eigenvalue weighted by molar-refractivity contribution is 9.10. The summed E-state index contributed by atoms with van der Waals surface area (Å²) in [5.74, 6) is -1.52.